The van der Waals surface area contributed by atoms with E-state index in [1.165, 1.54) is 19.3 Å². The van der Waals surface area contributed by atoms with Crippen LogP contribution in [0.2, 0.25) is 0 Å². The molecule has 0 rings (SSSR count). The molecule has 0 heterocycles. The number of sulfonamides is 1. The second-order valence-corrected chi connectivity index (χ2v) is 7.40. The van der Waals surface area contributed by atoms with Crippen LogP contribution in [0, 0.1) is 0 Å². The van der Waals surface area contributed by atoms with Crippen molar-refractivity contribution in [3.8, 4) is 0 Å². The van der Waals surface area contributed by atoms with Crippen molar-refractivity contribution in [2.45, 2.75) is 51.9 Å². The lowest BCUT2D eigenvalue weighted by molar-refractivity contribution is -0.146. The molecule has 7 nitrogen and oxygen atoms in total. The molecule has 0 amide bonds. The standard InChI is InChI=1S/C16H29NO6S/c1-4-5-6-7-8-9-11-22-15(18)13-14(2)16(19)23-12-10-17-24(3,20)21/h17H,2,4-13H2,1,3H3. The van der Waals surface area contributed by atoms with Crippen molar-refractivity contribution in [1.82, 2.24) is 4.72 Å². The Morgan fingerprint density at radius 1 is 1.00 bits per heavy atom. The molecule has 8 heteroatoms. The molecule has 0 bridgehead atoms. The Labute approximate surface area is 144 Å². The molecule has 140 valence electrons. The van der Waals surface area contributed by atoms with Gasteiger partial charge in [0.1, 0.15) is 6.61 Å². The average molecular weight is 363 g/mol. The van der Waals surface area contributed by atoms with Crippen LogP contribution in [-0.2, 0) is 29.1 Å². The SMILES string of the molecule is C=C(CC(=O)OCCCCCCCC)C(=O)OCCNS(C)(=O)=O. The molecular weight excluding hydrogens is 334 g/mol. The van der Waals surface area contributed by atoms with E-state index in [-0.39, 0.29) is 25.1 Å². The summed E-state index contributed by atoms with van der Waals surface area (Å²) >= 11 is 0. The van der Waals surface area contributed by atoms with Crippen LogP contribution in [0.15, 0.2) is 12.2 Å². The maximum Gasteiger partial charge on any atom is 0.334 e. The molecule has 0 saturated heterocycles. The number of nitrogens with one attached hydrogen (secondary N) is 1. The Hall–Kier alpha value is -1.41. The molecule has 0 saturated carbocycles. The fourth-order valence-corrected chi connectivity index (χ4v) is 2.29. The molecule has 0 atom stereocenters. The first-order valence-corrected chi connectivity index (χ1v) is 10.1. The lowest BCUT2D eigenvalue weighted by Gasteiger charge is -2.08. The number of carbonyl (C=O) groups excluding carboxylic acids is 2. The van der Waals surface area contributed by atoms with Gasteiger partial charge in [-0.1, -0.05) is 45.6 Å². The van der Waals surface area contributed by atoms with E-state index in [9.17, 15) is 18.0 Å². The highest BCUT2D eigenvalue weighted by atomic mass is 32.2. The molecule has 0 spiro atoms. The van der Waals surface area contributed by atoms with Crippen LogP contribution in [0.5, 0.6) is 0 Å². The fourth-order valence-electron chi connectivity index (χ4n) is 1.84. The van der Waals surface area contributed by atoms with Gasteiger partial charge in [-0.25, -0.2) is 17.9 Å². The van der Waals surface area contributed by atoms with E-state index < -0.39 is 22.0 Å². The van der Waals surface area contributed by atoms with E-state index in [0.717, 1.165) is 25.5 Å². The first-order valence-electron chi connectivity index (χ1n) is 8.21. The highest BCUT2D eigenvalue weighted by molar-refractivity contribution is 7.88. The van der Waals surface area contributed by atoms with Crippen LogP contribution in [0.25, 0.3) is 0 Å². The van der Waals surface area contributed by atoms with Gasteiger partial charge in [0.05, 0.1) is 19.3 Å². The van der Waals surface area contributed by atoms with Crippen LogP contribution in [0.3, 0.4) is 0 Å². The summed E-state index contributed by atoms with van der Waals surface area (Å²) in [5.41, 5.74) is -0.0118. The predicted octanol–water partition coefficient (Wildman–Crippen LogP) is 1.93. The van der Waals surface area contributed by atoms with E-state index >= 15 is 0 Å². The molecule has 0 aliphatic heterocycles. The first kappa shape index (κ1) is 22.6. The maximum atomic E-state index is 11.6. The zero-order chi connectivity index (χ0) is 18.4. The topological polar surface area (TPSA) is 98.8 Å². The van der Waals surface area contributed by atoms with Gasteiger partial charge >= 0.3 is 11.9 Å². The molecule has 0 aromatic carbocycles. The second-order valence-electron chi connectivity index (χ2n) is 5.57. The first-order chi connectivity index (χ1) is 11.3. The van der Waals surface area contributed by atoms with Crippen LogP contribution >= 0.6 is 0 Å². The summed E-state index contributed by atoms with van der Waals surface area (Å²) in [7, 11) is -3.32. The van der Waals surface area contributed by atoms with Crippen molar-refractivity contribution in [3.63, 3.8) is 0 Å². The Kier molecular flexibility index (Phi) is 12.2. The van der Waals surface area contributed by atoms with Crippen LogP contribution < -0.4 is 4.72 Å². The fraction of sp³-hybridized carbons (Fsp3) is 0.750. The Balaban J connectivity index is 3.73. The molecule has 0 fully saturated rings. The lowest BCUT2D eigenvalue weighted by atomic mass is 10.1. The number of hydrogen-bond acceptors (Lipinski definition) is 6. The van der Waals surface area contributed by atoms with Gasteiger partial charge in [-0.15, -0.1) is 0 Å². The molecular formula is C16H29NO6S. The van der Waals surface area contributed by atoms with Gasteiger partial charge in [-0.2, -0.15) is 0 Å². The molecule has 24 heavy (non-hydrogen) atoms. The van der Waals surface area contributed by atoms with E-state index in [2.05, 4.69) is 18.2 Å². The minimum absolute atomic E-state index is 0.0118. The molecule has 0 aliphatic carbocycles. The molecule has 0 unspecified atom stereocenters. The number of esters is 2. The summed E-state index contributed by atoms with van der Waals surface area (Å²) in [4.78, 5) is 23.1. The molecule has 1 N–H and O–H groups in total. The van der Waals surface area contributed by atoms with Crippen molar-refractivity contribution in [1.29, 1.82) is 0 Å². The number of hydrogen-bond donors (Lipinski definition) is 1. The summed E-state index contributed by atoms with van der Waals surface area (Å²) in [5.74, 6) is -1.25. The number of rotatable bonds is 14. The zero-order valence-corrected chi connectivity index (χ0v) is 15.5. The van der Waals surface area contributed by atoms with Gasteiger partial charge in [-0.05, 0) is 6.42 Å². The van der Waals surface area contributed by atoms with Gasteiger partial charge in [0.2, 0.25) is 10.0 Å². The van der Waals surface area contributed by atoms with Crippen molar-refractivity contribution in [3.05, 3.63) is 12.2 Å². The largest absolute Gasteiger partial charge is 0.465 e. The van der Waals surface area contributed by atoms with E-state index in [1.54, 1.807) is 0 Å². The number of carbonyl (C=O) groups is 2. The van der Waals surface area contributed by atoms with Gasteiger partial charge in [0.25, 0.3) is 0 Å². The second kappa shape index (κ2) is 12.9. The lowest BCUT2D eigenvalue weighted by Crippen LogP contribution is -2.27. The van der Waals surface area contributed by atoms with Crippen molar-refractivity contribution < 1.29 is 27.5 Å². The van der Waals surface area contributed by atoms with Gasteiger partial charge in [-0.3, -0.25) is 4.79 Å². The Morgan fingerprint density at radius 3 is 2.25 bits per heavy atom. The van der Waals surface area contributed by atoms with Gasteiger partial charge < -0.3 is 9.47 Å². The van der Waals surface area contributed by atoms with Crippen molar-refractivity contribution in [2.75, 3.05) is 26.0 Å². The summed E-state index contributed by atoms with van der Waals surface area (Å²) in [6, 6.07) is 0. The van der Waals surface area contributed by atoms with Crippen LogP contribution in [0.1, 0.15) is 51.9 Å². The quantitative estimate of drug-likeness (QED) is 0.288. The minimum atomic E-state index is -3.32. The van der Waals surface area contributed by atoms with Crippen molar-refractivity contribution >= 4 is 22.0 Å². The summed E-state index contributed by atoms with van der Waals surface area (Å²) in [5, 5.41) is 0. The van der Waals surface area contributed by atoms with Crippen LogP contribution in [-0.4, -0.2) is 46.4 Å². The van der Waals surface area contributed by atoms with Crippen molar-refractivity contribution in [2.24, 2.45) is 0 Å². The highest BCUT2D eigenvalue weighted by Crippen LogP contribution is 2.07. The third kappa shape index (κ3) is 14.2. The van der Waals surface area contributed by atoms with E-state index in [0.29, 0.717) is 6.61 Å². The zero-order valence-electron chi connectivity index (χ0n) is 14.6. The average Bonchev–Trinajstić information content (AvgIpc) is 2.49. The highest BCUT2D eigenvalue weighted by Gasteiger charge is 2.14. The Morgan fingerprint density at radius 2 is 1.62 bits per heavy atom. The van der Waals surface area contributed by atoms with E-state index in [1.807, 2.05) is 0 Å². The minimum Gasteiger partial charge on any atom is -0.465 e. The molecule has 0 aliphatic rings. The summed E-state index contributed by atoms with van der Waals surface area (Å²) in [6.45, 7) is 5.82. The van der Waals surface area contributed by atoms with Gasteiger partial charge in [0.15, 0.2) is 0 Å². The molecule has 0 radical (unpaired) electrons. The van der Waals surface area contributed by atoms with Gasteiger partial charge in [0, 0.05) is 12.1 Å². The molecule has 0 aromatic heterocycles. The number of unbranched alkanes of at least 4 members (excludes halogenated alkanes) is 5. The number of ether oxygens (including phenoxy) is 2. The normalized spacial score (nSPS) is 11.1. The van der Waals surface area contributed by atoms with E-state index in [4.69, 9.17) is 9.47 Å². The maximum absolute atomic E-state index is 11.6. The summed E-state index contributed by atoms with van der Waals surface area (Å²) < 4.78 is 33.7. The third-order valence-electron chi connectivity index (χ3n) is 3.11. The molecule has 0 aromatic rings. The predicted molar refractivity (Wildman–Crippen MR) is 91.9 cm³/mol. The monoisotopic (exact) mass is 363 g/mol. The summed E-state index contributed by atoms with van der Waals surface area (Å²) in [6.07, 6.45) is 7.35. The third-order valence-corrected chi connectivity index (χ3v) is 3.84. The Bertz CT molecular complexity index is 501. The van der Waals surface area contributed by atoms with Crippen LogP contribution in [0.4, 0.5) is 0 Å². The smallest absolute Gasteiger partial charge is 0.334 e.